The van der Waals surface area contributed by atoms with E-state index in [-0.39, 0.29) is 10.9 Å². The van der Waals surface area contributed by atoms with E-state index in [1.54, 1.807) is 38.2 Å². The fourth-order valence-corrected chi connectivity index (χ4v) is 4.69. The first-order chi connectivity index (χ1) is 13.8. The third-order valence-electron chi connectivity index (χ3n) is 4.51. The van der Waals surface area contributed by atoms with Gasteiger partial charge >= 0.3 is 0 Å². The molecule has 0 aliphatic heterocycles. The predicted molar refractivity (Wildman–Crippen MR) is 114 cm³/mol. The van der Waals surface area contributed by atoms with Crippen molar-refractivity contribution in [1.29, 1.82) is 5.26 Å². The van der Waals surface area contributed by atoms with E-state index in [0.29, 0.717) is 32.9 Å². The van der Waals surface area contributed by atoms with E-state index in [9.17, 15) is 13.7 Å². The van der Waals surface area contributed by atoms with Crippen LogP contribution in [0.1, 0.15) is 19.4 Å². The summed E-state index contributed by atoms with van der Waals surface area (Å²) in [5.74, 6) is 0. The van der Waals surface area contributed by atoms with E-state index in [4.69, 9.17) is 11.6 Å². The molecule has 0 fully saturated rings. The molecule has 1 N–H and O–H groups in total. The van der Waals surface area contributed by atoms with Crippen molar-refractivity contribution in [2.45, 2.75) is 24.8 Å². The normalized spacial score (nSPS) is 13.4. The number of halogens is 1. The summed E-state index contributed by atoms with van der Waals surface area (Å²) in [5, 5.41) is 10.9. The Bertz CT molecular complexity index is 1330. The minimum atomic E-state index is -3.60. The van der Waals surface area contributed by atoms with Crippen LogP contribution in [0.5, 0.6) is 0 Å². The maximum atomic E-state index is 12.4. The van der Waals surface area contributed by atoms with Crippen molar-refractivity contribution >= 4 is 38.4 Å². The molecule has 8 heteroatoms. The van der Waals surface area contributed by atoms with Crippen molar-refractivity contribution in [3.8, 4) is 17.3 Å². The van der Waals surface area contributed by atoms with Crippen LogP contribution in [0.15, 0.2) is 59.7 Å². The number of nitrogens with zero attached hydrogens (tertiary/aromatic N) is 3. The molecule has 2 aromatic heterocycles. The number of pyridine rings is 1. The van der Waals surface area contributed by atoms with Gasteiger partial charge in [0.1, 0.15) is 11.7 Å². The number of allylic oxidation sites excluding steroid dienone is 4. The van der Waals surface area contributed by atoms with Crippen molar-refractivity contribution in [3.63, 3.8) is 0 Å². The van der Waals surface area contributed by atoms with Gasteiger partial charge in [0, 0.05) is 28.9 Å². The first-order valence-corrected chi connectivity index (χ1v) is 10.8. The molecule has 0 amide bonds. The summed E-state index contributed by atoms with van der Waals surface area (Å²) in [6.45, 7) is 3.53. The van der Waals surface area contributed by atoms with Crippen molar-refractivity contribution in [2.75, 3.05) is 0 Å². The van der Waals surface area contributed by atoms with Gasteiger partial charge in [-0.2, -0.15) is 5.26 Å². The highest BCUT2D eigenvalue weighted by Gasteiger charge is 2.23. The highest BCUT2D eigenvalue weighted by atomic mass is 35.5. The molecule has 29 heavy (non-hydrogen) atoms. The molecular weight excluding hydrogens is 408 g/mol. The number of nitrogens with one attached hydrogen (secondary N) is 1. The van der Waals surface area contributed by atoms with Gasteiger partial charge in [0.25, 0.3) is 0 Å². The van der Waals surface area contributed by atoms with E-state index in [1.165, 1.54) is 12.1 Å². The highest BCUT2D eigenvalue weighted by Crippen LogP contribution is 2.37. The number of hydrogen-bond acceptors (Lipinski definition) is 4. The van der Waals surface area contributed by atoms with Gasteiger partial charge in [0.15, 0.2) is 0 Å². The van der Waals surface area contributed by atoms with Crippen molar-refractivity contribution in [3.05, 3.63) is 65.3 Å². The SMILES string of the molecule is CC(C)NS(=O)(=O)c1ccc(-c2c(C#N)c3cc(Cl)cnc3n2C2=CC=C2)cc1. The third kappa shape index (κ3) is 3.36. The average Bonchev–Trinajstić information content (AvgIpc) is 2.92. The zero-order valence-corrected chi connectivity index (χ0v) is 17.3. The monoisotopic (exact) mass is 424 g/mol. The predicted octanol–water partition coefficient (Wildman–Crippen LogP) is 4.33. The molecule has 2 heterocycles. The summed E-state index contributed by atoms with van der Waals surface area (Å²) in [6, 6.07) is 10.2. The van der Waals surface area contributed by atoms with Gasteiger partial charge in [-0.1, -0.05) is 29.8 Å². The van der Waals surface area contributed by atoms with Crippen molar-refractivity contribution in [2.24, 2.45) is 0 Å². The Hall–Kier alpha value is -2.92. The zero-order valence-electron chi connectivity index (χ0n) is 15.7. The number of hydrogen-bond donors (Lipinski definition) is 1. The third-order valence-corrected chi connectivity index (χ3v) is 6.39. The molecule has 1 aliphatic carbocycles. The second-order valence-corrected chi connectivity index (χ2v) is 9.10. The second-order valence-electron chi connectivity index (χ2n) is 6.95. The largest absolute Gasteiger partial charge is 0.293 e. The van der Waals surface area contributed by atoms with Gasteiger partial charge in [-0.25, -0.2) is 18.1 Å². The molecule has 1 aromatic carbocycles. The van der Waals surface area contributed by atoms with Crippen LogP contribution in [0.3, 0.4) is 0 Å². The van der Waals surface area contributed by atoms with Crippen LogP contribution < -0.4 is 4.72 Å². The second kappa shape index (κ2) is 7.16. The van der Waals surface area contributed by atoms with Crippen molar-refractivity contribution in [1.82, 2.24) is 14.3 Å². The minimum absolute atomic E-state index is 0.167. The number of nitriles is 1. The number of fused-ring (bicyclic) bond motifs is 1. The van der Waals surface area contributed by atoms with E-state index in [0.717, 1.165) is 5.70 Å². The van der Waals surface area contributed by atoms with Gasteiger partial charge < -0.3 is 0 Å². The van der Waals surface area contributed by atoms with Crippen LogP contribution in [0.2, 0.25) is 5.02 Å². The van der Waals surface area contributed by atoms with E-state index < -0.39 is 10.0 Å². The molecule has 4 rings (SSSR count). The molecule has 0 saturated heterocycles. The smallest absolute Gasteiger partial charge is 0.240 e. The van der Waals surface area contributed by atoms with Crippen LogP contribution in [0, 0.1) is 11.3 Å². The topological polar surface area (TPSA) is 87.8 Å². The molecule has 0 atom stereocenters. The fourth-order valence-electron chi connectivity index (χ4n) is 3.28. The van der Waals surface area contributed by atoms with Crippen molar-refractivity contribution < 1.29 is 8.42 Å². The summed E-state index contributed by atoms with van der Waals surface area (Å²) < 4.78 is 29.3. The molecule has 0 saturated carbocycles. The minimum Gasteiger partial charge on any atom is -0.293 e. The summed E-state index contributed by atoms with van der Waals surface area (Å²) in [5.41, 5.74) is 3.30. The molecule has 0 unspecified atom stereocenters. The summed E-state index contributed by atoms with van der Waals surface area (Å²) >= 11 is 6.11. The first-order valence-electron chi connectivity index (χ1n) is 8.93. The molecule has 0 bridgehead atoms. The van der Waals surface area contributed by atoms with E-state index in [1.807, 2.05) is 22.8 Å². The maximum Gasteiger partial charge on any atom is 0.240 e. The van der Waals surface area contributed by atoms with Crippen LogP contribution in [-0.4, -0.2) is 24.0 Å². The number of rotatable bonds is 5. The number of sulfonamides is 1. The standard InChI is InChI=1S/C21H17ClN4O2S/c1-13(2)25-29(27,28)17-8-6-14(7-9-17)20-19(11-23)18-10-15(22)12-24-21(18)26(20)16-4-3-5-16/h3-10,12-13,25H,1-2H3. The molecule has 3 aromatic rings. The van der Waals surface area contributed by atoms with E-state index in [2.05, 4.69) is 15.8 Å². The van der Waals surface area contributed by atoms with Gasteiger partial charge in [0.05, 0.1) is 21.2 Å². The maximum absolute atomic E-state index is 12.4. The van der Waals surface area contributed by atoms with Gasteiger partial charge in [-0.3, -0.25) is 4.57 Å². The van der Waals surface area contributed by atoms with Gasteiger partial charge in [-0.05, 0) is 44.2 Å². The Kier molecular flexibility index (Phi) is 4.79. The Morgan fingerprint density at radius 1 is 1.24 bits per heavy atom. The van der Waals surface area contributed by atoms with Gasteiger partial charge in [0.2, 0.25) is 10.0 Å². The Balaban J connectivity index is 1.91. The molecule has 0 radical (unpaired) electrons. The molecule has 146 valence electrons. The Labute approximate surface area is 173 Å². The lowest BCUT2D eigenvalue weighted by Crippen LogP contribution is -2.30. The first kappa shape index (κ1) is 19.4. The quantitative estimate of drug-likeness (QED) is 0.660. The molecule has 6 nitrogen and oxygen atoms in total. The lowest BCUT2D eigenvalue weighted by atomic mass is 10.1. The summed E-state index contributed by atoms with van der Waals surface area (Å²) in [7, 11) is -3.60. The summed E-state index contributed by atoms with van der Waals surface area (Å²) in [4.78, 5) is 4.59. The lowest BCUT2D eigenvalue weighted by Gasteiger charge is -2.15. The highest BCUT2D eigenvalue weighted by molar-refractivity contribution is 7.89. The molecule has 0 spiro atoms. The zero-order chi connectivity index (χ0) is 20.8. The van der Waals surface area contributed by atoms with Crippen LogP contribution in [-0.2, 0) is 10.0 Å². The summed E-state index contributed by atoms with van der Waals surface area (Å²) in [6.07, 6.45) is 7.29. The Morgan fingerprint density at radius 3 is 2.48 bits per heavy atom. The molecule has 1 aliphatic rings. The van der Waals surface area contributed by atoms with Crippen LogP contribution in [0.25, 0.3) is 28.0 Å². The van der Waals surface area contributed by atoms with Gasteiger partial charge in [-0.15, -0.1) is 0 Å². The Morgan fingerprint density at radius 2 is 1.93 bits per heavy atom. The number of benzene rings is 1. The van der Waals surface area contributed by atoms with Crippen LogP contribution >= 0.6 is 11.6 Å². The van der Waals surface area contributed by atoms with Crippen LogP contribution in [0.4, 0.5) is 0 Å². The van der Waals surface area contributed by atoms with E-state index >= 15 is 0 Å². The number of aromatic nitrogens is 2. The fraction of sp³-hybridized carbons (Fsp3) is 0.143. The molecular formula is C21H17ClN4O2S. The lowest BCUT2D eigenvalue weighted by molar-refractivity contribution is 0.570. The average molecular weight is 425 g/mol.